The number of carbonyl (C=O) groups is 14. The molecular weight excluding hydrogens is 1280 g/mol. The molecule has 0 fully saturated rings. The molecule has 0 bridgehead atoms. The third kappa shape index (κ3) is 29.7. The standard InChI is InChI=1S/C60H94N18O15S2/c1-32(2)21-41(57(90)73-39(52(62)85)18-20-95-8)74-58(91)43(23-36-25-63-31-68-36)71-49(83)27-67-60(93)51(33(3)4)77-53(86)34(5)69-56(89)42(22-35-24-65-38-14-10-9-13-37(35)38)75-55(88)40(16-17-46(61)80)70-47(81)15-11-12-19-64-48(82)26-66-54(87)45(30-94)76-59(92)44(29-79)72-50(84)28-78(6)7/h9-10,13-14,24-25,31-34,39-45,51,65,79,94H,11-12,15-23,26-30H2,1-8H3,(H2,61,80)(H2,62,85)(H,63,68)(H,64,82)(H,66,87)(H,67,93)(H,69,89)(H,70,81)(H,71,83)(H,72,84)(H,73,90)(H,74,91)(H,75,88)(H,76,92)(H,77,86)/p+1. The van der Waals surface area contributed by atoms with Gasteiger partial charge in [-0.15, -0.1) is 0 Å². The fourth-order valence-corrected chi connectivity index (χ4v) is 10.1. The normalized spacial score (nSPS) is 14.0. The molecule has 20 N–H and O–H groups in total. The van der Waals surface area contributed by atoms with E-state index in [-0.39, 0.29) is 76.1 Å². The molecule has 14 amide bonds. The molecule has 0 spiro atoms. The van der Waals surface area contributed by atoms with Crippen molar-refractivity contribution in [2.45, 2.75) is 147 Å². The second kappa shape index (κ2) is 41.9. The Labute approximate surface area is 560 Å². The van der Waals surface area contributed by atoms with Gasteiger partial charge in [-0.05, 0) is 88.6 Å². The number of likely N-dealkylation sites (N-methyl/N-ethyl adjacent to an activating group) is 1. The number of amides is 14. The summed E-state index contributed by atoms with van der Waals surface area (Å²) >= 11 is 5.57. The number of nitrogens with zero attached hydrogens (tertiary/aromatic N) is 2. The number of benzene rings is 1. The summed E-state index contributed by atoms with van der Waals surface area (Å²) in [7, 11) is 3.27. The fourth-order valence-electron chi connectivity index (χ4n) is 9.34. The zero-order chi connectivity index (χ0) is 70.9. The van der Waals surface area contributed by atoms with Crippen LogP contribution in [0.2, 0.25) is 0 Å². The summed E-state index contributed by atoms with van der Waals surface area (Å²) in [6.45, 7) is 6.35. The van der Waals surface area contributed by atoms with Crippen LogP contribution >= 0.6 is 24.4 Å². The van der Waals surface area contributed by atoms with E-state index < -0.39 is 163 Å². The number of aliphatic hydroxyl groups is 1. The number of aromatic amines is 2. The van der Waals surface area contributed by atoms with Gasteiger partial charge in [0.05, 0.1) is 32.6 Å². The number of nitrogens with one attached hydrogen (secondary N) is 14. The van der Waals surface area contributed by atoms with E-state index in [9.17, 15) is 72.2 Å². The molecule has 526 valence electrons. The van der Waals surface area contributed by atoms with Crippen LogP contribution in [0.5, 0.6) is 0 Å². The quantitative estimate of drug-likeness (QED) is 0.0186. The minimum atomic E-state index is -1.42. The number of imidazole rings is 1. The van der Waals surface area contributed by atoms with Gasteiger partial charge in [0.2, 0.25) is 76.8 Å². The van der Waals surface area contributed by atoms with Gasteiger partial charge in [-0.3, -0.25) is 68.1 Å². The summed E-state index contributed by atoms with van der Waals surface area (Å²) in [5, 5.41) is 41.0. The minimum absolute atomic E-state index is 0.0576. The van der Waals surface area contributed by atoms with Crippen LogP contribution in [0.25, 0.3) is 10.9 Å². The number of hydrogen-bond donors (Lipinski definition) is 18. The van der Waals surface area contributed by atoms with Crippen molar-refractivity contribution in [3.05, 3.63) is 54.2 Å². The summed E-state index contributed by atoms with van der Waals surface area (Å²) in [6.07, 6.45) is 6.22. The molecule has 0 saturated carbocycles. The van der Waals surface area contributed by atoms with E-state index in [4.69, 9.17) is 5.73 Å². The number of para-hydroxylation sites is 1. The van der Waals surface area contributed by atoms with Gasteiger partial charge in [0, 0.05) is 67.0 Å². The predicted octanol–water partition coefficient (Wildman–Crippen LogP) is -5.45. The molecule has 9 atom stereocenters. The number of H-pyrrole nitrogens is 2. The molecule has 0 aliphatic rings. The number of unbranched alkanes of at least 4 members (excludes halogenated alkanes) is 1. The zero-order valence-electron chi connectivity index (χ0n) is 54.9. The van der Waals surface area contributed by atoms with Crippen LogP contribution in [-0.2, 0) is 80.0 Å². The van der Waals surface area contributed by atoms with Crippen molar-refractivity contribution in [3.8, 4) is 0 Å². The van der Waals surface area contributed by atoms with Crippen molar-refractivity contribution in [1.82, 2.24) is 83.7 Å². The predicted molar refractivity (Wildman–Crippen MR) is 353 cm³/mol. The lowest BCUT2D eigenvalue weighted by Gasteiger charge is -2.26. The molecular formula is C60H95N18O15S2+. The van der Waals surface area contributed by atoms with Gasteiger partial charge < -0.3 is 89.5 Å². The van der Waals surface area contributed by atoms with Crippen LogP contribution in [-0.4, -0.2) is 227 Å². The van der Waals surface area contributed by atoms with E-state index in [1.807, 2.05) is 20.1 Å². The summed E-state index contributed by atoms with van der Waals surface area (Å²) in [4.78, 5) is 196. The lowest BCUT2D eigenvalue weighted by Crippen LogP contribution is -2.67. The molecule has 0 aliphatic carbocycles. The van der Waals surface area contributed by atoms with Crippen LogP contribution in [0.3, 0.4) is 0 Å². The lowest BCUT2D eigenvalue weighted by atomic mass is 10.0. The topological polar surface area (TPSA) is 505 Å². The monoisotopic (exact) mass is 1370 g/mol. The fraction of sp³-hybridized carbons (Fsp3) is 0.583. The lowest BCUT2D eigenvalue weighted by molar-refractivity contribution is -0.308. The summed E-state index contributed by atoms with van der Waals surface area (Å²) in [6, 6.07) is -4.16. The van der Waals surface area contributed by atoms with Gasteiger partial charge in [-0.25, -0.2) is 9.78 Å². The number of thiol groups is 1. The zero-order valence-corrected chi connectivity index (χ0v) is 56.6. The Kier molecular flexibility index (Phi) is 35.5. The van der Waals surface area contributed by atoms with Gasteiger partial charge in [-0.2, -0.15) is 24.4 Å². The van der Waals surface area contributed by atoms with Gasteiger partial charge in [0.25, 0.3) is 0 Å². The molecule has 0 radical (unpaired) electrons. The van der Waals surface area contributed by atoms with Gasteiger partial charge in [0.15, 0.2) is 0 Å². The number of hydrogen-bond acceptors (Lipinski definition) is 19. The van der Waals surface area contributed by atoms with Crippen molar-refractivity contribution in [2.75, 3.05) is 64.6 Å². The van der Waals surface area contributed by atoms with Gasteiger partial charge in [-0.1, -0.05) is 45.9 Å². The summed E-state index contributed by atoms with van der Waals surface area (Å²) in [5.74, 6) is -10.5. The van der Waals surface area contributed by atoms with Crippen LogP contribution in [0, 0.1) is 11.8 Å². The Morgan fingerprint density at radius 1 is 0.621 bits per heavy atom. The number of carbonyl (C=O) groups excluding carboxylic acids is 14. The first kappa shape index (κ1) is 80.6. The molecule has 0 saturated heterocycles. The average molecular weight is 1370 g/mol. The Hall–Kier alpha value is -8.67. The Balaban J connectivity index is 1.66. The van der Waals surface area contributed by atoms with E-state index in [1.165, 1.54) is 31.2 Å². The summed E-state index contributed by atoms with van der Waals surface area (Å²) in [5.41, 5.74) is 10.7. The van der Waals surface area contributed by atoms with E-state index in [0.29, 0.717) is 34.3 Å². The molecule has 1 aromatic carbocycles. The number of nitrogens with two attached hydrogens (primary N) is 1. The number of aliphatic hydroxyl groups excluding tert-OH is 1. The Bertz CT molecular complexity index is 3090. The highest BCUT2D eigenvalue weighted by molar-refractivity contribution is 7.98. The third-order valence-corrected chi connectivity index (χ3v) is 15.5. The highest BCUT2D eigenvalue weighted by Gasteiger charge is 2.35. The first-order chi connectivity index (χ1) is 45.0. The maximum absolute atomic E-state index is 14.3. The van der Waals surface area contributed by atoms with E-state index in [0.717, 1.165) is 0 Å². The third-order valence-electron chi connectivity index (χ3n) is 14.5. The number of fused-ring (bicyclic) bond motifs is 1. The first-order valence-corrected chi connectivity index (χ1v) is 33.0. The minimum Gasteiger partial charge on any atom is -0.394 e. The number of primary amides is 1. The van der Waals surface area contributed by atoms with Crippen molar-refractivity contribution in [3.63, 3.8) is 0 Å². The first-order valence-electron chi connectivity index (χ1n) is 31.0. The Morgan fingerprint density at radius 3 is 1.83 bits per heavy atom. The molecule has 2 heterocycles. The number of quaternary nitrogens is 1. The largest absolute Gasteiger partial charge is 0.394 e. The summed E-state index contributed by atoms with van der Waals surface area (Å²) < 4.78 is 0. The molecule has 3 aromatic rings. The van der Waals surface area contributed by atoms with Crippen molar-refractivity contribution < 1.29 is 78.0 Å². The number of thioether (sulfide) groups is 1. The van der Waals surface area contributed by atoms with Crippen molar-refractivity contribution in [2.24, 2.45) is 17.6 Å². The molecule has 2 aromatic heterocycles. The molecule has 35 heteroatoms. The van der Waals surface area contributed by atoms with Crippen LogP contribution in [0.1, 0.15) is 90.8 Å². The van der Waals surface area contributed by atoms with E-state index in [2.05, 4.69) is 97.1 Å². The van der Waals surface area contributed by atoms with Crippen molar-refractivity contribution in [1.29, 1.82) is 0 Å². The smallest absolute Gasteiger partial charge is 0.331 e. The average Bonchev–Trinajstić information content (AvgIpc) is 1.72. The van der Waals surface area contributed by atoms with E-state index >= 15 is 0 Å². The van der Waals surface area contributed by atoms with Crippen molar-refractivity contribution >= 4 is 118 Å². The molecule has 9 unspecified atom stereocenters. The van der Waals surface area contributed by atoms with Gasteiger partial charge in [0.1, 0.15) is 54.4 Å². The molecule has 33 nitrogen and oxygen atoms in total. The second-order valence-electron chi connectivity index (χ2n) is 23.6. The molecule has 0 aliphatic heterocycles. The highest BCUT2D eigenvalue weighted by Crippen LogP contribution is 2.20. The second-order valence-corrected chi connectivity index (χ2v) is 25.0. The SMILES string of the molecule is CSCCC(NC(=O)C(CC(C)C)NC(=O)C(Cc1cnc[nH]1)NC(=O)CNC(=O)C(NC(=O)C(C)NC(=O)C(Cc1c[nH]c2ccccc12)NC(=O)C(CCC(N)=O)NC(=O)CCCCNC(=O)CNC(=O)C(CS)NC(=O)C(CO)NC(=O)CN(C)C)C(C)C)C([NH3+])=O. The van der Waals surface area contributed by atoms with Crippen LogP contribution < -0.4 is 75.3 Å². The maximum Gasteiger partial charge on any atom is 0.331 e. The Morgan fingerprint density at radius 2 is 1.21 bits per heavy atom. The number of aromatic nitrogens is 3. The number of rotatable bonds is 44. The van der Waals surface area contributed by atoms with Gasteiger partial charge >= 0.3 is 5.91 Å². The van der Waals surface area contributed by atoms with E-state index in [1.54, 1.807) is 63.3 Å². The molecule has 3 rings (SSSR count). The van der Waals surface area contributed by atoms with Crippen LogP contribution in [0.15, 0.2) is 43.0 Å². The molecule has 95 heavy (non-hydrogen) atoms. The maximum atomic E-state index is 14.3. The highest BCUT2D eigenvalue weighted by atomic mass is 32.2. The van der Waals surface area contributed by atoms with Crippen LogP contribution in [0.4, 0.5) is 0 Å².